The predicted octanol–water partition coefficient (Wildman–Crippen LogP) is 6.29. The van der Waals surface area contributed by atoms with Crippen molar-refractivity contribution in [3.8, 4) is 5.75 Å². The SMILES string of the molecule is Cc1cc(N[C@H]2CC[C@@H](C(=O)N[C@H](C)c3ccc(OC(F)(F)F)cc3)CC2)nc2ccccc12. The van der Waals surface area contributed by atoms with Crippen molar-refractivity contribution in [1.29, 1.82) is 0 Å². The van der Waals surface area contributed by atoms with Crippen molar-refractivity contribution in [2.75, 3.05) is 5.32 Å². The summed E-state index contributed by atoms with van der Waals surface area (Å²) in [5.74, 6) is 0.466. The van der Waals surface area contributed by atoms with Crippen molar-refractivity contribution in [3.05, 3.63) is 65.7 Å². The van der Waals surface area contributed by atoms with Gasteiger partial charge in [0.05, 0.1) is 11.6 Å². The number of para-hydroxylation sites is 1. The third kappa shape index (κ3) is 5.98. The molecule has 0 spiro atoms. The Kier molecular flexibility index (Phi) is 6.95. The van der Waals surface area contributed by atoms with E-state index in [4.69, 9.17) is 4.98 Å². The number of carbonyl (C=O) groups excluding carboxylic acids is 1. The number of aryl methyl sites for hydroxylation is 1. The monoisotopic (exact) mass is 471 g/mol. The second-order valence-corrected chi connectivity index (χ2v) is 8.88. The van der Waals surface area contributed by atoms with E-state index >= 15 is 0 Å². The van der Waals surface area contributed by atoms with Crippen LogP contribution in [0.3, 0.4) is 0 Å². The van der Waals surface area contributed by atoms with Gasteiger partial charge in [-0.25, -0.2) is 4.98 Å². The lowest BCUT2D eigenvalue weighted by molar-refractivity contribution is -0.274. The first-order valence-corrected chi connectivity index (χ1v) is 11.5. The van der Waals surface area contributed by atoms with Gasteiger partial charge in [0.25, 0.3) is 0 Å². The summed E-state index contributed by atoms with van der Waals surface area (Å²) in [5, 5.41) is 7.66. The van der Waals surface area contributed by atoms with E-state index in [1.807, 2.05) is 25.1 Å². The number of halogens is 3. The molecule has 4 rings (SSSR count). The summed E-state index contributed by atoms with van der Waals surface area (Å²) >= 11 is 0. The molecule has 0 aliphatic heterocycles. The Morgan fingerprint density at radius 2 is 1.74 bits per heavy atom. The first-order chi connectivity index (χ1) is 16.2. The lowest BCUT2D eigenvalue weighted by Gasteiger charge is -2.29. The van der Waals surface area contributed by atoms with Crippen molar-refractivity contribution in [2.24, 2.45) is 5.92 Å². The predicted molar refractivity (Wildman–Crippen MR) is 126 cm³/mol. The molecule has 8 heteroatoms. The van der Waals surface area contributed by atoms with Crippen molar-refractivity contribution >= 4 is 22.6 Å². The summed E-state index contributed by atoms with van der Waals surface area (Å²) in [6, 6.07) is 15.6. The standard InChI is InChI=1S/C26H28F3N3O2/c1-16-15-24(32-23-6-4-3-5-22(16)23)31-20-11-7-19(8-12-20)25(33)30-17(2)18-9-13-21(14-10-18)34-26(27,28)29/h3-6,9-10,13-15,17,19-20H,7-8,11-12H2,1-2H3,(H,30,33)(H,31,32)/t17-,19-,20+/m1/s1. The number of anilines is 1. The number of hydrogen-bond acceptors (Lipinski definition) is 4. The second-order valence-electron chi connectivity index (χ2n) is 8.88. The Morgan fingerprint density at radius 3 is 2.41 bits per heavy atom. The first-order valence-electron chi connectivity index (χ1n) is 11.5. The molecule has 5 nitrogen and oxygen atoms in total. The van der Waals surface area contributed by atoms with Crippen LogP contribution in [0.2, 0.25) is 0 Å². The van der Waals surface area contributed by atoms with Crippen LogP contribution in [-0.2, 0) is 4.79 Å². The highest BCUT2D eigenvalue weighted by atomic mass is 19.4. The van der Waals surface area contributed by atoms with Crippen molar-refractivity contribution < 1.29 is 22.7 Å². The first kappa shape index (κ1) is 23.9. The summed E-state index contributed by atoms with van der Waals surface area (Å²) in [6.45, 7) is 3.90. The molecular weight excluding hydrogens is 443 g/mol. The Morgan fingerprint density at radius 1 is 1.06 bits per heavy atom. The number of aromatic nitrogens is 1. The molecular formula is C26H28F3N3O2. The zero-order valence-electron chi connectivity index (χ0n) is 19.2. The molecule has 3 aromatic rings. The molecule has 180 valence electrons. The zero-order chi connectivity index (χ0) is 24.3. The molecule has 1 amide bonds. The quantitative estimate of drug-likeness (QED) is 0.444. The normalized spacial score (nSPS) is 19.4. The lowest BCUT2D eigenvalue weighted by atomic mass is 9.85. The Labute approximate surface area is 196 Å². The molecule has 0 saturated heterocycles. The molecule has 1 atom stereocenters. The van der Waals surface area contributed by atoms with Gasteiger partial charge < -0.3 is 15.4 Å². The number of rotatable bonds is 6. The second kappa shape index (κ2) is 9.91. The molecule has 2 N–H and O–H groups in total. The summed E-state index contributed by atoms with van der Waals surface area (Å²) < 4.78 is 40.9. The molecule has 1 heterocycles. The maximum Gasteiger partial charge on any atom is 0.573 e. The molecule has 0 bridgehead atoms. The van der Waals surface area contributed by atoms with Gasteiger partial charge >= 0.3 is 6.36 Å². The molecule has 0 radical (unpaired) electrons. The third-order valence-corrected chi connectivity index (χ3v) is 6.35. The molecule has 34 heavy (non-hydrogen) atoms. The topological polar surface area (TPSA) is 63.2 Å². The van der Waals surface area contributed by atoms with E-state index in [1.54, 1.807) is 0 Å². The van der Waals surface area contributed by atoms with Gasteiger partial charge in [-0.2, -0.15) is 0 Å². The van der Waals surface area contributed by atoms with Gasteiger partial charge in [0.15, 0.2) is 0 Å². The van der Waals surface area contributed by atoms with Crippen LogP contribution in [0, 0.1) is 12.8 Å². The highest BCUT2D eigenvalue weighted by Crippen LogP contribution is 2.29. The number of pyridine rings is 1. The number of hydrogen-bond donors (Lipinski definition) is 2. The fourth-order valence-corrected chi connectivity index (χ4v) is 4.51. The molecule has 1 aromatic heterocycles. The van der Waals surface area contributed by atoms with Crippen molar-refractivity contribution in [2.45, 2.75) is 58.0 Å². The maximum atomic E-state index is 12.8. The zero-order valence-corrected chi connectivity index (χ0v) is 19.2. The summed E-state index contributed by atoms with van der Waals surface area (Å²) in [4.78, 5) is 17.5. The van der Waals surface area contributed by atoms with Crippen LogP contribution in [0.5, 0.6) is 5.75 Å². The van der Waals surface area contributed by atoms with Gasteiger partial charge in [0.2, 0.25) is 5.91 Å². The largest absolute Gasteiger partial charge is 0.573 e. The van der Waals surface area contributed by atoms with E-state index in [0.29, 0.717) is 0 Å². The molecule has 1 aliphatic carbocycles. The number of carbonyl (C=O) groups is 1. The number of fused-ring (bicyclic) bond motifs is 1. The van der Waals surface area contributed by atoms with Crippen LogP contribution in [0.25, 0.3) is 10.9 Å². The van der Waals surface area contributed by atoms with Crippen LogP contribution in [-0.4, -0.2) is 23.3 Å². The van der Waals surface area contributed by atoms with Gasteiger partial charge in [-0.3, -0.25) is 4.79 Å². The highest BCUT2D eigenvalue weighted by molar-refractivity contribution is 5.83. The number of alkyl halides is 3. The van der Waals surface area contributed by atoms with E-state index < -0.39 is 6.36 Å². The van der Waals surface area contributed by atoms with E-state index in [9.17, 15) is 18.0 Å². The fraction of sp³-hybridized carbons (Fsp3) is 0.385. The molecule has 2 aromatic carbocycles. The van der Waals surface area contributed by atoms with E-state index in [-0.39, 0.29) is 29.7 Å². The average molecular weight is 472 g/mol. The molecule has 1 fully saturated rings. The molecule has 1 saturated carbocycles. The highest BCUT2D eigenvalue weighted by Gasteiger charge is 2.31. The fourth-order valence-electron chi connectivity index (χ4n) is 4.51. The smallest absolute Gasteiger partial charge is 0.406 e. The van der Waals surface area contributed by atoms with Gasteiger partial charge in [-0.1, -0.05) is 30.3 Å². The van der Waals surface area contributed by atoms with Crippen LogP contribution in [0.4, 0.5) is 19.0 Å². The van der Waals surface area contributed by atoms with E-state index in [1.165, 1.54) is 29.8 Å². The molecule has 0 unspecified atom stereocenters. The Bertz CT molecular complexity index is 1140. The number of amides is 1. The van der Waals surface area contributed by atoms with Crippen LogP contribution >= 0.6 is 0 Å². The number of nitrogens with one attached hydrogen (secondary N) is 2. The van der Waals surface area contributed by atoms with Crippen LogP contribution < -0.4 is 15.4 Å². The van der Waals surface area contributed by atoms with Gasteiger partial charge in [-0.15, -0.1) is 13.2 Å². The number of benzene rings is 2. The Hall–Kier alpha value is -3.29. The van der Waals surface area contributed by atoms with Crippen molar-refractivity contribution in [3.63, 3.8) is 0 Å². The Balaban J connectivity index is 1.28. The number of ether oxygens (including phenoxy) is 1. The van der Waals surface area contributed by atoms with Gasteiger partial charge in [-0.05, 0) is 74.9 Å². The summed E-state index contributed by atoms with van der Waals surface area (Å²) in [7, 11) is 0. The van der Waals surface area contributed by atoms with Crippen LogP contribution in [0.15, 0.2) is 54.6 Å². The third-order valence-electron chi connectivity index (χ3n) is 6.35. The minimum Gasteiger partial charge on any atom is -0.406 e. The number of nitrogens with zero attached hydrogens (tertiary/aromatic N) is 1. The average Bonchev–Trinajstić information content (AvgIpc) is 2.79. The van der Waals surface area contributed by atoms with E-state index in [2.05, 4.69) is 34.4 Å². The molecule has 1 aliphatic rings. The van der Waals surface area contributed by atoms with Gasteiger partial charge in [0, 0.05) is 17.3 Å². The minimum absolute atomic E-state index is 0.0266. The minimum atomic E-state index is -4.72. The van der Waals surface area contributed by atoms with Crippen molar-refractivity contribution in [1.82, 2.24) is 10.3 Å². The van der Waals surface area contributed by atoms with Gasteiger partial charge in [0.1, 0.15) is 11.6 Å². The summed E-state index contributed by atoms with van der Waals surface area (Å²) in [6.07, 6.45) is -1.46. The lowest BCUT2D eigenvalue weighted by Crippen LogP contribution is -2.37. The summed E-state index contributed by atoms with van der Waals surface area (Å²) in [5.41, 5.74) is 2.86. The van der Waals surface area contributed by atoms with Crippen LogP contribution in [0.1, 0.15) is 49.8 Å². The van der Waals surface area contributed by atoms with E-state index in [0.717, 1.165) is 48.0 Å². The maximum absolute atomic E-state index is 12.8.